The summed E-state index contributed by atoms with van der Waals surface area (Å²) in [4.78, 5) is 36.2. The summed E-state index contributed by atoms with van der Waals surface area (Å²) in [6.07, 6.45) is 17.4. The third-order valence-corrected chi connectivity index (χ3v) is 8.43. The van der Waals surface area contributed by atoms with Crippen molar-refractivity contribution in [1.29, 1.82) is 0 Å². The first-order valence-electron chi connectivity index (χ1n) is 10.1. The molecule has 0 heterocycles. The van der Waals surface area contributed by atoms with Crippen LogP contribution in [0, 0.1) is 0 Å². The van der Waals surface area contributed by atoms with E-state index in [2.05, 4.69) is 12.2 Å². The van der Waals surface area contributed by atoms with E-state index in [1.54, 1.807) is 0 Å². The van der Waals surface area contributed by atoms with Gasteiger partial charge >= 0.3 is 15.2 Å². The smallest absolute Gasteiger partial charge is 0.340 e. The lowest BCUT2D eigenvalue weighted by atomic mass is 10.1. The van der Waals surface area contributed by atoms with Crippen molar-refractivity contribution < 1.29 is 33.8 Å². The third kappa shape index (κ3) is 16.6. The molecule has 0 aliphatic rings. The van der Waals surface area contributed by atoms with Crippen molar-refractivity contribution >= 4 is 15.2 Å². The summed E-state index contributed by atoms with van der Waals surface area (Å²) in [6.45, 7) is 0.296. The average Bonchev–Trinajstić information content (AvgIpc) is 2.55. The number of aliphatic hydroxyl groups excluding tert-OH is 1. The average molecular weight is 428 g/mol. The molecule has 27 heavy (non-hydrogen) atoms. The Morgan fingerprint density at radius 1 is 0.593 bits per heavy atom. The Labute approximate surface area is 163 Å². The van der Waals surface area contributed by atoms with Crippen LogP contribution in [-0.2, 0) is 9.13 Å². The van der Waals surface area contributed by atoms with Crippen molar-refractivity contribution in [3.8, 4) is 0 Å². The van der Waals surface area contributed by atoms with Crippen molar-refractivity contribution in [3.05, 3.63) is 12.2 Å². The van der Waals surface area contributed by atoms with Gasteiger partial charge in [0.1, 0.15) is 0 Å². The monoisotopic (exact) mass is 428 g/mol. The van der Waals surface area contributed by atoms with Crippen molar-refractivity contribution in [3.63, 3.8) is 0 Å². The van der Waals surface area contributed by atoms with Crippen molar-refractivity contribution in [2.75, 3.05) is 6.61 Å². The van der Waals surface area contributed by atoms with Gasteiger partial charge in [0.25, 0.3) is 0 Å². The van der Waals surface area contributed by atoms with Gasteiger partial charge in [0, 0.05) is 6.61 Å². The van der Waals surface area contributed by atoms with Crippen LogP contribution in [0.25, 0.3) is 0 Å². The van der Waals surface area contributed by atoms with Gasteiger partial charge in [-0.25, -0.2) is 0 Å². The van der Waals surface area contributed by atoms with E-state index < -0.39 is 20.6 Å². The second kappa shape index (κ2) is 15.9. The Balaban J connectivity index is 3.54. The summed E-state index contributed by atoms with van der Waals surface area (Å²) < 4.78 is 22.3. The van der Waals surface area contributed by atoms with Gasteiger partial charge in [0.2, 0.25) is 0 Å². The number of rotatable bonds is 18. The van der Waals surface area contributed by atoms with Gasteiger partial charge in [-0.3, -0.25) is 9.13 Å². The summed E-state index contributed by atoms with van der Waals surface area (Å²) in [5, 5.41) is 6.83. The lowest BCUT2D eigenvalue weighted by Gasteiger charge is -2.19. The molecule has 0 aliphatic heterocycles. The third-order valence-electron chi connectivity index (χ3n) is 4.56. The highest BCUT2D eigenvalue weighted by molar-refractivity contribution is 7.70. The van der Waals surface area contributed by atoms with E-state index in [1.807, 2.05) is 0 Å². The first-order chi connectivity index (χ1) is 12.7. The van der Waals surface area contributed by atoms with Crippen LogP contribution in [0.1, 0.15) is 89.9 Å². The quantitative estimate of drug-likeness (QED) is 0.121. The lowest BCUT2D eigenvalue weighted by molar-refractivity contribution is 0.282. The summed E-state index contributed by atoms with van der Waals surface area (Å²) in [5.74, 6) is 0. The van der Waals surface area contributed by atoms with Gasteiger partial charge in [-0.05, 0) is 38.5 Å². The summed E-state index contributed by atoms with van der Waals surface area (Å²) >= 11 is 0. The van der Waals surface area contributed by atoms with Crippen LogP contribution in [0.4, 0.5) is 0 Å². The highest BCUT2D eigenvalue weighted by atomic mass is 31.2. The van der Waals surface area contributed by atoms with Crippen molar-refractivity contribution in [1.82, 2.24) is 0 Å². The molecule has 9 heteroatoms. The van der Waals surface area contributed by atoms with E-state index in [9.17, 15) is 9.13 Å². The first-order valence-corrected chi connectivity index (χ1v) is 13.4. The van der Waals surface area contributed by atoms with Crippen molar-refractivity contribution in [2.45, 2.75) is 95.3 Å². The number of allylic oxidation sites excluding steroid dienone is 2. The summed E-state index contributed by atoms with van der Waals surface area (Å²) in [5.41, 5.74) is 0. The molecular weight excluding hydrogens is 390 g/mol. The van der Waals surface area contributed by atoms with Crippen LogP contribution < -0.4 is 0 Å². The van der Waals surface area contributed by atoms with Gasteiger partial charge in [-0.2, -0.15) is 0 Å². The van der Waals surface area contributed by atoms with Gasteiger partial charge < -0.3 is 24.7 Å². The maximum atomic E-state index is 11.2. The molecule has 0 fully saturated rings. The minimum Gasteiger partial charge on any atom is -0.396 e. The number of hydrogen-bond donors (Lipinski definition) is 5. The van der Waals surface area contributed by atoms with E-state index in [0.717, 1.165) is 51.4 Å². The zero-order valence-electron chi connectivity index (χ0n) is 16.3. The topological polar surface area (TPSA) is 135 Å². The van der Waals surface area contributed by atoms with Crippen LogP contribution >= 0.6 is 15.2 Å². The normalized spacial score (nSPS) is 13.1. The van der Waals surface area contributed by atoms with E-state index in [4.69, 9.17) is 24.7 Å². The Kier molecular flexibility index (Phi) is 15.9. The standard InChI is InChI=1S/C18H38O7P2/c19-17-15-13-11-9-7-5-3-1-2-4-6-8-10-12-14-16-18(26(20,21)22)27(23,24)25/h1-2,18-19H,3-17H2,(H2,20,21,22)(H2,23,24,25). The van der Waals surface area contributed by atoms with E-state index in [0.29, 0.717) is 13.0 Å². The van der Waals surface area contributed by atoms with Crippen molar-refractivity contribution in [2.24, 2.45) is 0 Å². The maximum Gasteiger partial charge on any atom is 0.340 e. The fourth-order valence-electron chi connectivity index (χ4n) is 2.97. The molecule has 7 nitrogen and oxygen atoms in total. The molecule has 0 aromatic carbocycles. The second-order valence-corrected chi connectivity index (χ2v) is 11.1. The molecule has 0 spiro atoms. The van der Waals surface area contributed by atoms with Crippen LogP contribution in [-0.4, -0.2) is 36.7 Å². The minimum absolute atomic E-state index is 0.144. The van der Waals surface area contributed by atoms with Crippen LogP contribution in [0.2, 0.25) is 0 Å². The molecule has 0 radical (unpaired) electrons. The second-order valence-electron chi connectivity index (χ2n) is 7.11. The highest BCUT2D eigenvalue weighted by Gasteiger charge is 2.42. The molecule has 0 bridgehead atoms. The van der Waals surface area contributed by atoms with Crippen LogP contribution in [0.5, 0.6) is 0 Å². The fourth-order valence-corrected chi connectivity index (χ4v) is 5.57. The first kappa shape index (κ1) is 27.0. The summed E-state index contributed by atoms with van der Waals surface area (Å²) in [6, 6.07) is 0. The van der Waals surface area contributed by atoms with E-state index in [-0.39, 0.29) is 6.42 Å². The zero-order chi connectivity index (χ0) is 20.6. The maximum absolute atomic E-state index is 11.2. The molecule has 0 saturated carbocycles. The Hall–Kier alpha value is -0.0000000000000000971. The molecule has 5 N–H and O–H groups in total. The largest absolute Gasteiger partial charge is 0.396 e. The summed E-state index contributed by atoms with van der Waals surface area (Å²) in [7, 11) is -9.54. The number of unbranched alkanes of at least 4 members (excludes halogenated alkanes) is 11. The fraction of sp³-hybridized carbons (Fsp3) is 0.889. The lowest BCUT2D eigenvalue weighted by Crippen LogP contribution is -2.09. The van der Waals surface area contributed by atoms with E-state index in [1.165, 1.54) is 25.7 Å². The Morgan fingerprint density at radius 2 is 0.963 bits per heavy atom. The SMILES string of the molecule is O=P(O)(O)C(CCCCCCCC=CCCCCCCCCO)P(=O)(O)O. The van der Waals surface area contributed by atoms with Gasteiger partial charge in [0.15, 0.2) is 5.40 Å². The molecule has 0 rings (SSSR count). The molecule has 0 aromatic heterocycles. The molecule has 0 unspecified atom stereocenters. The van der Waals surface area contributed by atoms with Gasteiger partial charge in [-0.15, -0.1) is 0 Å². The highest BCUT2D eigenvalue weighted by Crippen LogP contribution is 2.61. The predicted molar refractivity (Wildman–Crippen MR) is 109 cm³/mol. The molecule has 0 amide bonds. The molecule has 0 atom stereocenters. The predicted octanol–water partition coefficient (Wildman–Crippen LogP) is 4.68. The molecule has 0 aliphatic carbocycles. The Bertz CT molecular complexity index is 448. The minimum atomic E-state index is -4.77. The molecule has 162 valence electrons. The molecular formula is C18H38O7P2. The molecule has 0 aromatic rings. The molecule has 0 saturated heterocycles. The van der Waals surface area contributed by atoms with E-state index >= 15 is 0 Å². The number of hydrogen-bond acceptors (Lipinski definition) is 3. The van der Waals surface area contributed by atoms with Crippen LogP contribution in [0.3, 0.4) is 0 Å². The number of aliphatic hydroxyl groups is 1. The van der Waals surface area contributed by atoms with Crippen LogP contribution in [0.15, 0.2) is 12.2 Å². The van der Waals surface area contributed by atoms with Gasteiger partial charge in [0.05, 0.1) is 0 Å². The zero-order valence-corrected chi connectivity index (χ0v) is 18.1. The Morgan fingerprint density at radius 3 is 1.37 bits per heavy atom. The van der Waals surface area contributed by atoms with Gasteiger partial charge in [-0.1, -0.05) is 63.5 Å².